The lowest BCUT2D eigenvalue weighted by atomic mass is 10.0. The van der Waals surface area contributed by atoms with Crippen LogP contribution in [0.15, 0.2) is 0 Å². The summed E-state index contributed by atoms with van der Waals surface area (Å²) in [4.78, 5) is 23.6. The molecule has 4 nitrogen and oxygen atoms in total. The first-order valence-electron chi connectivity index (χ1n) is 5.25. The molecule has 0 radical (unpaired) electrons. The first kappa shape index (κ1) is 16.0. The predicted molar refractivity (Wildman–Crippen MR) is 69.6 cm³/mol. The highest BCUT2D eigenvalue weighted by atomic mass is 32.2. The van der Waals surface area contributed by atoms with Gasteiger partial charge in [0.1, 0.15) is 6.61 Å². The second-order valence-corrected chi connectivity index (χ2v) is 4.84. The Bertz CT molecular complexity index is 341. The molecule has 0 rings (SSSR count). The van der Waals surface area contributed by atoms with E-state index in [1.165, 1.54) is 6.92 Å². The van der Waals surface area contributed by atoms with Gasteiger partial charge in [-0.05, 0) is 33.1 Å². The van der Waals surface area contributed by atoms with Crippen molar-refractivity contribution in [3.8, 4) is 11.8 Å². The Balaban J connectivity index is 4.32. The van der Waals surface area contributed by atoms with Crippen molar-refractivity contribution in [3.63, 3.8) is 0 Å². The number of carbonyl (C=O) groups excluding carboxylic acids is 2. The third-order valence-corrected chi connectivity index (χ3v) is 2.82. The third-order valence-electron chi connectivity index (χ3n) is 2.34. The van der Waals surface area contributed by atoms with Crippen LogP contribution in [0.4, 0.5) is 0 Å². The molecular formula is C12H19NO3S. The first-order valence-corrected chi connectivity index (χ1v) is 6.48. The number of nitrogens with zero attached hydrogens (tertiary/aromatic N) is 1. The molecule has 0 N–H and O–H groups in total. The van der Waals surface area contributed by atoms with Gasteiger partial charge in [-0.1, -0.05) is 17.7 Å². The molecule has 0 atom stereocenters. The molecule has 0 spiro atoms. The van der Waals surface area contributed by atoms with Crippen LogP contribution >= 0.6 is 11.8 Å². The van der Waals surface area contributed by atoms with Gasteiger partial charge in [0.25, 0.3) is 5.12 Å². The topological polar surface area (TPSA) is 46.6 Å². The van der Waals surface area contributed by atoms with Crippen LogP contribution in [0.3, 0.4) is 0 Å². The first-order chi connectivity index (χ1) is 7.79. The Labute approximate surface area is 107 Å². The largest absolute Gasteiger partial charge is 0.465 e. The molecule has 0 bridgehead atoms. The van der Waals surface area contributed by atoms with E-state index in [9.17, 15) is 9.59 Å². The number of rotatable bonds is 4. The number of thioether (sulfide) groups is 1. The molecule has 0 saturated heterocycles. The lowest BCUT2D eigenvalue weighted by molar-refractivity contribution is -0.141. The average Bonchev–Trinajstić information content (AvgIpc) is 2.25. The summed E-state index contributed by atoms with van der Waals surface area (Å²) < 4.78 is 4.85. The molecular weight excluding hydrogens is 238 g/mol. The number of ether oxygens (including phenoxy) is 1. The molecule has 0 aliphatic heterocycles. The van der Waals surface area contributed by atoms with Gasteiger partial charge < -0.3 is 4.74 Å². The van der Waals surface area contributed by atoms with Crippen LogP contribution in [0.2, 0.25) is 0 Å². The maximum absolute atomic E-state index is 11.1. The number of hydrogen-bond donors (Lipinski definition) is 0. The minimum atomic E-state index is -0.425. The van der Waals surface area contributed by atoms with Crippen LogP contribution in [0.1, 0.15) is 20.8 Å². The van der Waals surface area contributed by atoms with Crippen LogP contribution in [0.5, 0.6) is 0 Å². The van der Waals surface area contributed by atoms with Gasteiger partial charge in [-0.15, -0.1) is 0 Å². The number of carbonyl (C=O) groups is 2. The Hall–Kier alpha value is -0.990. The molecule has 0 heterocycles. The standard InChI is InChI=1S/C12H19NO3S/c1-10(14)16-9-8-13(4)12(2,3)7-6-11(15)17-5/h8-9H2,1-5H3. The fourth-order valence-electron chi connectivity index (χ4n) is 0.956. The normalized spacial score (nSPS) is 10.7. The van der Waals surface area contributed by atoms with Crippen molar-refractivity contribution in [1.29, 1.82) is 0 Å². The number of hydrogen-bond acceptors (Lipinski definition) is 5. The van der Waals surface area contributed by atoms with Gasteiger partial charge in [0.05, 0.1) is 5.54 Å². The Morgan fingerprint density at radius 2 is 2.00 bits per heavy atom. The van der Waals surface area contributed by atoms with Crippen molar-refractivity contribution in [3.05, 3.63) is 0 Å². The predicted octanol–water partition coefficient (Wildman–Crippen LogP) is 1.15. The third kappa shape index (κ3) is 7.03. The highest BCUT2D eigenvalue weighted by Gasteiger charge is 2.20. The molecule has 0 amide bonds. The van der Waals surface area contributed by atoms with E-state index in [0.29, 0.717) is 13.2 Å². The average molecular weight is 257 g/mol. The summed E-state index contributed by atoms with van der Waals surface area (Å²) in [7, 11) is 1.88. The smallest absolute Gasteiger partial charge is 0.302 e. The molecule has 0 unspecified atom stereocenters. The van der Waals surface area contributed by atoms with Crippen molar-refractivity contribution in [1.82, 2.24) is 4.90 Å². The van der Waals surface area contributed by atoms with E-state index in [1.807, 2.05) is 25.8 Å². The quantitative estimate of drug-likeness (QED) is 0.558. The molecule has 0 aliphatic carbocycles. The van der Waals surface area contributed by atoms with Crippen molar-refractivity contribution in [2.24, 2.45) is 0 Å². The summed E-state index contributed by atoms with van der Waals surface area (Å²) in [6, 6.07) is 0. The van der Waals surface area contributed by atoms with Crippen molar-refractivity contribution < 1.29 is 14.3 Å². The Morgan fingerprint density at radius 3 is 2.47 bits per heavy atom. The van der Waals surface area contributed by atoms with Gasteiger partial charge >= 0.3 is 5.97 Å². The maximum atomic E-state index is 11.1. The molecule has 5 heteroatoms. The van der Waals surface area contributed by atoms with E-state index in [2.05, 4.69) is 11.8 Å². The molecule has 0 aromatic rings. The van der Waals surface area contributed by atoms with E-state index < -0.39 is 5.54 Å². The molecule has 0 aromatic carbocycles. The van der Waals surface area contributed by atoms with E-state index in [1.54, 1.807) is 6.26 Å². The van der Waals surface area contributed by atoms with E-state index in [4.69, 9.17) is 4.74 Å². The molecule has 96 valence electrons. The van der Waals surface area contributed by atoms with Crippen LogP contribution in [0.25, 0.3) is 0 Å². The number of likely N-dealkylation sites (N-methyl/N-ethyl adjacent to an activating group) is 1. The van der Waals surface area contributed by atoms with Crippen LogP contribution in [-0.4, -0.2) is 48.0 Å². The van der Waals surface area contributed by atoms with Crippen LogP contribution < -0.4 is 0 Å². The summed E-state index contributed by atoms with van der Waals surface area (Å²) in [6.07, 6.45) is 1.70. The SMILES string of the molecule is CSC(=O)C#CC(C)(C)N(C)CCOC(C)=O. The zero-order valence-electron chi connectivity index (χ0n) is 11.0. The minimum absolute atomic E-state index is 0.147. The highest BCUT2D eigenvalue weighted by Crippen LogP contribution is 2.10. The van der Waals surface area contributed by atoms with Gasteiger partial charge in [0.2, 0.25) is 0 Å². The fraction of sp³-hybridized carbons (Fsp3) is 0.667. The molecule has 0 aliphatic rings. The second kappa shape index (κ2) is 7.36. The zero-order valence-corrected chi connectivity index (χ0v) is 11.8. The zero-order chi connectivity index (χ0) is 13.5. The van der Waals surface area contributed by atoms with Gasteiger partial charge in [0, 0.05) is 13.5 Å². The summed E-state index contributed by atoms with van der Waals surface area (Å²) >= 11 is 1.10. The summed E-state index contributed by atoms with van der Waals surface area (Å²) in [6.45, 7) is 6.12. The summed E-state index contributed by atoms with van der Waals surface area (Å²) in [5.41, 5.74) is -0.425. The molecule has 0 aromatic heterocycles. The minimum Gasteiger partial charge on any atom is -0.465 e. The fourth-order valence-corrected chi connectivity index (χ4v) is 1.11. The second-order valence-electron chi connectivity index (χ2n) is 4.06. The lowest BCUT2D eigenvalue weighted by Crippen LogP contribution is -2.41. The van der Waals surface area contributed by atoms with Gasteiger partial charge in [0.15, 0.2) is 0 Å². The lowest BCUT2D eigenvalue weighted by Gasteiger charge is -2.30. The maximum Gasteiger partial charge on any atom is 0.302 e. The van der Waals surface area contributed by atoms with Crippen molar-refractivity contribution in [2.45, 2.75) is 26.3 Å². The van der Waals surface area contributed by atoms with Crippen LogP contribution in [-0.2, 0) is 14.3 Å². The highest BCUT2D eigenvalue weighted by molar-refractivity contribution is 8.13. The van der Waals surface area contributed by atoms with Gasteiger partial charge in [-0.3, -0.25) is 14.5 Å². The number of esters is 1. The molecule has 0 fully saturated rings. The van der Waals surface area contributed by atoms with Gasteiger partial charge in [-0.25, -0.2) is 0 Å². The van der Waals surface area contributed by atoms with Gasteiger partial charge in [-0.2, -0.15) is 0 Å². The molecule has 17 heavy (non-hydrogen) atoms. The van der Waals surface area contributed by atoms with E-state index in [0.717, 1.165) is 11.8 Å². The van der Waals surface area contributed by atoms with Crippen molar-refractivity contribution >= 4 is 22.8 Å². The molecule has 0 saturated carbocycles. The van der Waals surface area contributed by atoms with Crippen LogP contribution in [0, 0.1) is 11.8 Å². The Morgan fingerprint density at radius 1 is 1.41 bits per heavy atom. The summed E-state index contributed by atoms with van der Waals surface area (Å²) in [5, 5.41) is -0.147. The van der Waals surface area contributed by atoms with E-state index >= 15 is 0 Å². The summed E-state index contributed by atoms with van der Waals surface area (Å²) in [5.74, 6) is 5.20. The Kier molecular flexibility index (Phi) is 6.93. The van der Waals surface area contributed by atoms with Crippen molar-refractivity contribution in [2.75, 3.05) is 26.5 Å². The van der Waals surface area contributed by atoms with E-state index in [-0.39, 0.29) is 11.1 Å². The monoisotopic (exact) mass is 257 g/mol.